The second-order valence-electron chi connectivity index (χ2n) is 9.05. The molecule has 0 unspecified atom stereocenters. The van der Waals surface area contributed by atoms with Crippen molar-refractivity contribution >= 4 is 49.2 Å². The quantitative estimate of drug-likeness (QED) is 0.277. The van der Waals surface area contributed by atoms with E-state index in [1.54, 1.807) is 6.08 Å². The molecular formula is C25H29Cl2N2NaO6S2. The molecule has 0 saturated carbocycles. The van der Waals surface area contributed by atoms with Crippen molar-refractivity contribution in [3.8, 4) is 0 Å². The number of halogens is 2. The first-order valence-corrected chi connectivity index (χ1v) is 15.5. The smallest absolute Gasteiger partial charge is 0.550 e. The normalized spacial score (nSPS) is 16.3. The fraction of sp³-hybridized carbons (Fsp3) is 0.400. The zero-order valence-corrected chi connectivity index (χ0v) is 26.3. The molecule has 3 rings (SSSR count). The van der Waals surface area contributed by atoms with Crippen LogP contribution in [0.5, 0.6) is 0 Å². The first-order chi connectivity index (χ1) is 17.4. The van der Waals surface area contributed by atoms with Gasteiger partial charge in [-0.3, -0.25) is 0 Å². The van der Waals surface area contributed by atoms with E-state index < -0.39 is 26.0 Å². The molecule has 8 nitrogen and oxygen atoms in total. The van der Waals surface area contributed by atoms with Crippen molar-refractivity contribution in [3.05, 3.63) is 70.7 Å². The predicted octanol–water partition coefficient (Wildman–Crippen LogP) is 0.613. The van der Waals surface area contributed by atoms with Gasteiger partial charge in [0.25, 0.3) is 0 Å². The van der Waals surface area contributed by atoms with E-state index in [1.807, 2.05) is 6.08 Å². The molecule has 1 fully saturated rings. The van der Waals surface area contributed by atoms with Crippen LogP contribution in [0.4, 0.5) is 0 Å². The Bertz CT molecular complexity index is 1310. The number of carbonyl (C=O) groups excluding carboxylic acids is 1. The zero-order chi connectivity index (χ0) is 27.1. The number of carboxylic acids is 1. The monoisotopic (exact) mass is 610 g/mol. The molecule has 1 aliphatic rings. The van der Waals surface area contributed by atoms with Crippen molar-refractivity contribution < 1.29 is 56.3 Å². The van der Waals surface area contributed by atoms with E-state index in [0.29, 0.717) is 42.1 Å². The number of nitrogens with zero attached hydrogens (tertiary/aromatic N) is 1. The van der Waals surface area contributed by atoms with Crippen LogP contribution >= 0.6 is 23.2 Å². The van der Waals surface area contributed by atoms with E-state index in [1.165, 1.54) is 52.8 Å². The molecular weight excluding hydrogens is 582 g/mol. The van der Waals surface area contributed by atoms with Crippen LogP contribution in [0.3, 0.4) is 0 Å². The Balaban J connectivity index is 0.00000507. The summed E-state index contributed by atoms with van der Waals surface area (Å²) in [5.41, 5.74) is -0.355. The molecule has 0 aromatic heterocycles. The van der Waals surface area contributed by atoms with Crippen LogP contribution < -0.4 is 39.4 Å². The van der Waals surface area contributed by atoms with E-state index in [4.69, 9.17) is 23.2 Å². The van der Waals surface area contributed by atoms with Gasteiger partial charge in [-0.15, -0.1) is 0 Å². The molecule has 13 heteroatoms. The van der Waals surface area contributed by atoms with Gasteiger partial charge < -0.3 is 9.90 Å². The molecule has 0 bridgehead atoms. The minimum atomic E-state index is -3.73. The number of piperidine rings is 1. The topological polar surface area (TPSA) is 124 Å². The van der Waals surface area contributed by atoms with Crippen LogP contribution in [-0.4, -0.2) is 46.7 Å². The largest absolute Gasteiger partial charge is 1.00 e. The molecule has 0 aliphatic carbocycles. The number of benzene rings is 2. The number of nitrogens with one attached hydrogen (secondary N) is 1. The Labute approximate surface area is 256 Å². The molecule has 38 heavy (non-hydrogen) atoms. The molecule has 2 aromatic rings. The molecule has 0 spiro atoms. The fourth-order valence-corrected chi connectivity index (χ4v) is 7.04. The van der Waals surface area contributed by atoms with Crippen LogP contribution in [0.15, 0.2) is 70.5 Å². The van der Waals surface area contributed by atoms with Gasteiger partial charge in [0.15, 0.2) is 0 Å². The molecule has 0 amide bonds. The SMILES string of the molecule is O=C([O-])CCC=CCC1(CCNS(=O)(=O)c2ccc(Cl)cc2)CCN(S(=O)(=O)c2ccc(Cl)cc2)CC1.[Na+]. The van der Waals surface area contributed by atoms with E-state index in [2.05, 4.69) is 4.72 Å². The minimum absolute atomic E-state index is 0. The zero-order valence-electron chi connectivity index (χ0n) is 21.1. The third kappa shape index (κ3) is 9.31. The molecule has 1 heterocycles. The van der Waals surface area contributed by atoms with Crippen LogP contribution in [-0.2, 0) is 24.8 Å². The van der Waals surface area contributed by atoms with Crippen molar-refractivity contribution in [2.24, 2.45) is 5.41 Å². The van der Waals surface area contributed by atoms with Gasteiger partial charge in [0.2, 0.25) is 20.0 Å². The Morgan fingerprint density at radius 1 is 0.921 bits per heavy atom. The van der Waals surface area contributed by atoms with Crippen molar-refractivity contribution in [2.45, 2.75) is 48.3 Å². The molecule has 202 valence electrons. The number of rotatable bonds is 12. The molecule has 2 aromatic carbocycles. The maximum absolute atomic E-state index is 13.1. The van der Waals surface area contributed by atoms with Gasteiger partial charge in [-0.05, 0) is 92.5 Å². The average molecular weight is 612 g/mol. The van der Waals surface area contributed by atoms with Crippen LogP contribution in [0.2, 0.25) is 10.0 Å². The third-order valence-corrected chi connectivity index (χ3v) is 10.4. The van der Waals surface area contributed by atoms with E-state index in [0.717, 1.165) is 0 Å². The summed E-state index contributed by atoms with van der Waals surface area (Å²) in [7, 11) is -7.42. The summed E-state index contributed by atoms with van der Waals surface area (Å²) >= 11 is 11.7. The maximum Gasteiger partial charge on any atom is 1.00 e. The number of sulfonamides is 2. The Morgan fingerprint density at radius 2 is 1.45 bits per heavy atom. The summed E-state index contributed by atoms with van der Waals surface area (Å²) in [6.45, 7) is 0.728. The Hall–Kier alpha value is -0.950. The summed E-state index contributed by atoms with van der Waals surface area (Å²) in [4.78, 5) is 11.0. The second-order valence-corrected chi connectivity index (χ2v) is 13.6. The number of carboxylic acid groups (broad SMARTS) is 1. The molecule has 1 aliphatic heterocycles. The summed E-state index contributed by atoms with van der Waals surface area (Å²) in [5.74, 6) is -1.13. The predicted molar refractivity (Wildman–Crippen MR) is 141 cm³/mol. The van der Waals surface area contributed by atoms with Gasteiger partial charge in [0.1, 0.15) is 0 Å². The summed E-state index contributed by atoms with van der Waals surface area (Å²) in [6.07, 6.45) is 6.00. The van der Waals surface area contributed by atoms with E-state index >= 15 is 0 Å². The number of hydrogen-bond acceptors (Lipinski definition) is 6. The van der Waals surface area contributed by atoms with E-state index in [9.17, 15) is 26.7 Å². The second kappa shape index (κ2) is 14.6. The Morgan fingerprint density at radius 3 is 1.97 bits per heavy atom. The molecule has 0 radical (unpaired) electrons. The van der Waals surface area contributed by atoms with Gasteiger partial charge in [0.05, 0.1) is 9.79 Å². The number of hydrogen-bond donors (Lipinski definition) is 1. The van der Waals surface area contributed by atoms with Crippen LogP contribution in [0, 0.1) is 5.41 Å². The van der Waals surface area contributed by atoms with Crippen LogP contribution in [0.25, 0.3) is 0 Å². The standard InChI is InChI=1S/C25H30Cl2N2O6S2.Na/c26-20-5-9-22(10-6-20)36(32,33)28-17-14-25(13-3-1-2-4-24(30)31)15-18-29(19-16-25)37(34,35)23-11-7-21(27)8-12-23;/h1,3,5-12,28H,2,4,13-19H2,(H,30,31);/q;+1/p-1. The Kier molecular flexibility index (Phi) is 12.8. The van der Waals surface area contributed by atoms with Gasteiger partial charge in [-0.2, -0.15) is 4.31 Å². The number of aliphatic carboxylic acids is 1. The van der Waals surface area contributed by atoms with E-state index in [-0.39, 0.29) is 70.8 Å². The summed E-state index contributed by atoms with van der Waals surface area (Å²) in [6, 6.07) is 11.9. The first-order valence-electron chi connectivity index (χ1n) is 11.8. The molecule has 1 N–H and O–H groups in total. The van der Waals surface area contributed by atoms with Gasteiger partial charge in [-0.1, -0.05) is 35.4 Å². The fourth-order valence-electron chi connectivity index (χ4n) is 4.31. The van der Waals surface area contributed by atoms with Gasteiger partial charge >= 0.3 is 29.6 Å². The van der Waals surface area contributed by atoms with Crippen molar-refractivity contribution in [2.75, 3.05) is 19.6 Å². The number of carbonyl (C=O) groups is 1. The van der Waals surface area contributed by atoms with Gasteiger partial charge in [-0.25, -0.2) is 21.6 Å². The molecule has 1 saturated heterocycles. The summed E-state index contributed by atoms with van der Waals surface area (Å²) in [5, 5.41) is 11.6. The van der Waals surface area contributed by atoms with Crippen molar-refractivity contribution in [1.29, 1.82) is 0 Å². The third-order valence-electron chi connectivity index (χ3n) is 6.54. The summed E-state index contributed by atoms with van der Waals surface area (Å²) < 4.78 is 55.7. The average Bonchev–Trinajstić information content (AvgIpc) is 2.84. The number of allylic oxidation sites excluding steroid dienone is 2. The van der Waals surface area contributed by atoms with Crippen molar-refractivity contribution in [3.63, 3.8) is 0 Å². The minimum Gasteiger partial charge on any atom is -0.550 e. The van der Waals surface area contributed by atoms with Crippen LogP contribution in [0.1, 0.15) is 38.5 Å². The molecule has 0 atom stereocenters. The first kappa shape index (κ1) is 33.3. The maximum atomic E-state index is 13.1. The van der Waals surface area contributed by atoms with Gasteiger partial charge in [0, 0.05) is 35.6 Å². The van der Waals surface area contributed by atoms with Crippen molar-refractivity contribution in [1.82, 2.24) is 9.03 Å².